The molecular weight excluding hydrogens is 324 g/mol. The summed E-state index contributed by atoms with van der Waals surface area (Å²) in [5.74, 6) is 4.35. The van der Waals surface area contributed by atoms with Crippen molar-refractivity contribution in [3.8, 4) is 0 Å². The van der Waals surface area contributed by atoms with Crippen LogP contribution < -0.4 is 0 Å². The summed E-state index contributed by atoms with van der Waals surface area (Å²) < 4.78 is 2.50. The van der Waals surface area contributed by atoms with E-state index in [1.54, 1.807) is 0 Å². The van der Waals surface area contributed by atoms with Gasteiger partial charge < -0.3 is 9.55 Å². The van der Waals surface area contributed by atoms with Gasteiger partial charge in [0.25, 0.3) is 0 Å². The van der Waals surface area contributed by atoms with E-state index < -0.39 is 0 Å². The van der Waals surface area contributed by atoms with Gasteiger partial charge in [0.2, 0.25) is 0 Å². The van der Waals surface area contributed by atoms with Gasteiger partial charge in [0.05, 0.1) is 18.3 Å². The molecule has 2 aromatic rings. The highest BCUT2D eigenvalue weighted by atomic mass is 15.3. The van der Waals surface area contributed by atoms with Crippen molar-refractivity contribution in [2.24, 2.45) is 0 Å². The van der Waals surface area contributed by atoms with Gasteiger partial charge in [0, 0.05) is 17.7 Å². The Morgan fingerprint density at radius 3 is 2.65 bits per heavy atom. The van der Waals surface area contributed by atoms with Crippen LogP contribution >= 0.6 is 0 Å². The Bertz CT molecular complexity index is 789. The molecular formula is C20H28N6. The first-order valence-electron chi connectivity index (χ1n) is 10.6. The van der Waals surface area contributed by atoms with E-state index in [-0.39, 0.29) is 0 Å². The lowest BCUT2D eigenvalue weighted by atomic mass is 10.0. The molecule has 3 fully saturated rings. The Labute approximate surface area is 154 Å². The molecule has 0 aromatic carbocycles. The Balaban J connectivity index is 1.26. The average Bonchev–Trinajstić information content (AvgIpc) is 3.55. The van der Waals surface area contributed by atoms with Crippen LogP contribution in [0.3, 0.4) is 0 Å². The van der Waals surface area contributed by atoms with Gasteiger partial charge in [0.15, 0.2) is 0 Å². The molecule has 6 nitrogen and oxygen atoms in total. The minimum atomic E-state index is 0.425. The summed E-state index contributed by atoms with van der Waals surface area (Å²) in [6.07, 6.45) is 12.6. The second kappa shape index (κ2) is 5.91. The first kappa shape index (κ1) is 15.4. The summed E-state index contributed by atoms with van der Waals surface area (Å²) in [6.45, 7) is 2.07. The summed E-state index contributed by atoms with van der Waals surface area (Å²) in [5, 5.41) is 9.23. The molecule has 0 bridgehead atoms. The molecule has 138 valence electrons. The van der Waals surface area contributed by atoms with Crippen LogP contribution in [-0.2, 0) is 19.4 Å². The van der Waals surface area contributed by atoms with Gasteiger partial charge in [-0.3, -0.25) is 4.90 Å². The Morgan fingerprint density at radius 1 is 0.962 bits per heavy atom. The highest BCUT2D eigenvalue weighted by Gasteiger charge is 2.38. The van der Waals surface area contributed by atoms with Gasteiger partial charge in [-0.05, 0) is 70.8 Å². The number of H-pyrrole nitrogens is 1. The number of fused-ring (bicyclic) bond motifs is 1. The molecule has 1 saturated heterocycles. The third kappa shape index (κ3) is 2.61. The van der Waals surface area contributed by atoms with Gasteiger partial charge in [-0.15, -0.1) is 10.2 Å². The molecule has 6 rings (SSSR count). The SMILES string of the molecule is C1CCc2[nH]c([C@@H]3CCCN3Cc3nnc(C4CC4)n3C3CC3)nc2C1. The molecule has 6 heteroatoms. The second-order valence-electron chi connectivity index (χ2n) is 8.73. The number of rotatable bonds is 5. The molecule has 0 unspecified atom stereocenters. The molecule has 26 heavy (non-hydrogen) atoms. The smallest absolute Gasteiger partial charge is 0.147 e. The number of hydrogen-bond donors (Lipinski definition) is 1. The number of imidazole rings is 1. The van der Waals surface area contributed by atoms with Crippen molar-refractivity contribution in [3.63, 3.8) is 0 Å². The highest BCUT2D eigenvalue weighted by molar-refractivity contribution is 5.20. The maximum atomic E-state index is 5.00. The molecule has 3 aliphatic carbocycles. The first-order chi connectivity index (χ1) is 12.9. The van der Waals surface area contributed by atoms with Crippen LogP contribution in [-0.4, -0.2) is 36.2 Å². The quantitative estimate of drug-likeness (QED) is 0.895. The lowest BCUT2D eigenvalue weighted by molar-refractivity contribution is 0.230. The Morgan fingerprint density at radius 2 is 1.85 bits per heavy atom. The lowest BCUT2D eigenvalue weighted by Crippen LogP contribution is -2.25. The van der Waals surface area contributed by atoms with Crippen LogP contribution in [0.4, 0.5) is 0 Å². The molecule has 0 amide bonds. The van der Waals surface area contributed by atoms with E-state index in [2.05, 4.69) is 24.6 Å². The minimum Gasteiger partial charge on any atom is -0.344 e. The standard InChI is InChI=1S/C20H28N6/c1-2-5-16-15(4-1)21-19(22-16)17-6-3-11-25(17)12-18-23-24-20(13-7-8-13)26(18)14-9-10-14/h13-14,17H,1-12H2,(H,21,22)/t17-/m0/s1. The van der Waals surface area contributed by atoms with Gasteiger partial charge in [-0.1, -0.05) is 0 Å². The zero-order valence-electron chi connectivity index (χ0n) is 15.5. The van der Waals surface area contributed by atoms with E-state index in [4.69, 9.17) is 4.98 Å². The number of nitrogens with one attached hydrogen (secondary N) is 1. The van der Waals surface area contributed by atoms with E-state index in [1.165, 1.54) is 86.6 Å². The predicted octanol–water partition coefficient (Wildman–Crippen LogP) is 3.43. The number of aryl methyl sites for hydroxylation is 2. The molecule has 2 saturated carbocycles. The maximum Gasteiger partial charge on any atom is 0.147 e. The lowest BCUT2D eigenvalue weighted by Gasteiger charge is -2.23. The van der Waals surface area contributed by atoms with E-state index in [1.807, 2.05) is 0 Å². The normalized spacial score (nSPS) is 26.4. The van der Waals surface area contributed by atoms with Crippen LogP contribution in [0, 0.1) is 0 Å². The predicted molar refractivity (Wildman–Crippen MR) is 97.9 cm³/mol. The van der Waals surface area contributed by atoms with Crippen molar-refractivity contribution in [2.75, 3.05) is 6.54 Å². The zero-order valence-corrected chi connectivity index (χ0v) is 15.5. The van der Waals surface area contributed by atoms with Crippen molar-refractivity contribution in [1.29, 1.82) is 0 Å². The number of hydrogen-bond acceptors (Lipinski definition) is 4. The highest BCUT2D eigenvalue weighted by Crippen LogP contribution is 2.45. The third-order valence-electron chi connectivity index (χ3n) is 6.64. The zero-order chi connectivity index (χ0) is 17.1. The van der Waals surface area contributed by atoms with Gasteiger partial charge >= 0.3 is 0 Å². The van der Waals surface area contributed by atoms with Crippen LogP contribution in [0.5, 0.6) is 0 Å². The topological polar surface area (TPSA) is 62.6 Å². The fourth-order valence-electron chi connectivity index (χ4n) is 4.94. The molecule has 1 N–H and O–H groups in total. The van der Waals surface area contributed by atoms with Crippen molar-refractivity contribution >= 4 is 0 Å². The molecule has 1 aliphatic heterocycles. The number of nitrogens with zero attached hydrogens (tertiary/aromatic N) is 5. The summed E-state index contributed by atoms with van der Waals surface area (Å²) in [4.78, 5) is 11.3. The van der Waals surface area contributed by atoms with E-state index in [9.17, 15) is 0 Å². The Hall–Kier alpha value is -1.69. The first-order valence-corrected chi connectivity index (χ1v) is 10.6. The molecule has 2 aromatic heterocycles. The van der Waals surface area contributed by atoms with Crippen molar-refractivity contribution in [1.82, 2.24) is 29.6 Å². The Kier molecular flexibility index (Phi) is 3.49. The third-order valence-corrected chi connectivity index (χ3v) is 6.64. The van der Waals surface area contributed by atoms with Crippen LogP contribution in [0.15, 0.2) is 0 Å². The van der Waals surface area contributed by atoms with Crippen molar-refractivity contribution in [2.45, 2.75) is 88.8 Å². The molecule has 0 spiro atoms. The maximum absolute atomic E-state index is 5.00. The fraction of sp³-hybridized carbons (Fsp3) is 0.750. The molecule has 1 atom stereocenters. The number of aromatic nitrogens is 5. The van der Waals surface area contributed by atoms with Gasteiger partial charge in [-0.25, -0.2) is 4.98 Å². The largest absolute Gasteiger partial charge is 0.344 e. The summed E-state index contributed by atoms with van der Waals surface area (Å²) in [6, 6.07) is 1.10. The van der Waals surface area contributed by atoms with Crippen LogP contribution in [0.25, 0.3) is 0 Å². The molecule has 0 radical (unpaired) electrons. The average molecular weight is 352 g/mol. The molecule has 4 aliphatic rings. The van der Waals surface area contributed by atoms with Crippen LogP contribution in [0.1, 0.15) is 98.2 Å². The monoisotopic (exact) mass is 352 g/mol. The fourth-order valence-corrected chi connectivity index (χ4v) is 4.94. The van der Waals surface area contributed by atoms with E-state index in [0.29, 0.717) is 18.0 Å². The van der Waals surface area contributed by atoms with E-state index in [0.717, 1.165) is 19.5 Å². The van der Waals surface area contributed by atoms with E-state index >= 15 is 0 Å². The second-order valence-corrected chi connectivity index (χ2v) is 8.73. The summed E-state index contributed by atoms with van der Waals surface area (Å²) in [5.41, 5.74) is 2.73. The number of aromatic amines is 1. The van der Waals surface area contributed by atoms with Gasteiger partial charge in [-0.2, -0.15) is 0 Å². The van der Waals surface area contributed by atoms with Gasteiger partial charge in [0.1, 0.15) is 17.5 Å². The van der Waals surface area contributed by atoms with Crippen molar-refractivity contribution in [3.05, 3.63) is 28.9 Å². The van der Waals surface area contributed by atoms with Crippen LogP contribution in [0.2, 0.25) is 0 Å². The summed E-state index contributed by atoms with van der Waals surface area (Å²) >= 11 is 0. The minimum absolute atomic E-state index is 0.425. The number of likely N-dealkylation sites (tertiary alicyclic amines) is 1. The van der Waals surface area contributed by atoms with Crippen molar-refractivity contribution < 1.29 is 0 Å². The molecule has 3 heterocycles. The summed E-state index contributed by atoms with van der Waals surface area (Å²) in [7, 11) is 0.